The number of non-ortho nitro benzene ring substituents is 1. The third-order valence-corrected chi connectivity index (χ3v) is 3.09. The van der Waals surface area contributed by atoms with E-state index in [0.29, 0.717) is 12.4 Å². The van der Waals surface area contributed by atoms with E-state index in [-0.39, 0.29) is 15.7 Å². The van der Waals surface area contributed by atoms with Gasteiger partial charge < -0.3 is 4.74 Å². The number of hydrogen-bond acceptors (Lipinski definition) is 3. The Kier molecular flexibility index (Phi) is 6.02. The van der Waals surface area contributed by atoms with Crippen LogP contribution in [0.15, 0.2) is 12.1 Å². The zero-order valence-corrected chi connectivity index (χ0v) is 11.9. The van der Waals surface area contributed by atoms with Crippen molar-refractivity contribution in [3.8, 4) is 5.75 Å². The molecule has 0 saturated heterocycles. The van der Waals surface area contributed by atoms with E-state index in [4.69, 9.17) is 27.9 Å². The molecule has 1 rings (SSSR count). The Morgan fingerprint density at radius 1 is 1.29 bits per heavy atom. The van der Waals surface area contributed by atoms with Crippen molar-refractivity contribution in [3.05, 3.63) is 32.3 Å². The van der Waals surface area contributed by atoms with Crippen molar-refractivity contribution in [2.24, 2.45) is 0 Å². The summed E-state index contributed by atoms with van der Waals surface area (Å²) in [5, 5.41) is 11.8. The summed E-state index contributed by atoms with van der Waals surface area (Å²) in [5.74, 6) is 0.300. The molecule has 0 aliphatic heterocycles. The van der Waals surface area contributed by atoms with Gasteiger partial charge in [-0.25, -0.2) is 0 Å². The van der Waals surface area contributed by atoms with Gasteiger partial charge in [0.15, 0.2) is 5.75 Å². The van der Waals surface area contributed by atoms with Crippen molar-refractivity contribution < 1.29 is 9.66 Å². The van der Waals surface area contributed by atoms with Crippen molar-refractivity contribution >= 4 is 44.8 Å². The Morgan fingerprint density at radius 3 is 2.35 bits per heavy atom. The number of benzene rings is 1. The maximum atomic E-state index is 10.6. The van der Waals surface area contributed by atoms with Gasteiger partial charge in [-0.3, -0.25) is 10.1 Å². The van der Waals surface area contributed by atoms with Crippen LogP contribution in [0.25, 0.3) is 0 Å². The zero-order valence-electron chi connectivity index (χ0n) is 8.79. The second kappa shape index (κ2) is 7.03. The van der Waals surface area contributed by atoms with Gasteiger partial charge in [-0.15, -0.1) is 0 Å². The fraction of sp³-hybridized carbons (Fsp3) is 0.400. The van der Waals surface area contributed by atoms with Crippen molar-refractivity contribution in [3.63, 3.8) is 0 Å². The van der Waals surface area contributed by atoms with Gasteiger partial charge in [-0.1, -0.05) is 39.1 Å². The Balaban J connectivity index is 2.76. The van der Waals surface area contributed by atoms with Gasteiger partial charge in [-0.05, 0) is 12.8 Å². The largest absolute Gasteiger partial charge is 0.490 e. The van der Waals surface area contributed by atoms with Crippen LogP contribution in [0.1, 0.15) is 12.8 Å². The molecule has 1 aromatic carbocycles. The van der Waals surface area contributed by atoms with E-state index >= 15 is 0 Å². The number of halogens is 3. The summed E-state index contributed by atoms with van der Waals surface area (Å²) in [6.45, 7) is 0.475. The van der Waals surface area contributed by atoms with Crippen molar-refractivity contribution in [1.82, 2.24) is 0 Å². The fourth-order valence-corrected chi connectivity index (χ4v) is 2.14. The summed E-state index contributed by atoms with van der Waals surface area (Å²) in [5.41, 5.74) is -0.146. The highest BCUT2D eigenvalue weighted by Crippen LogP contribution is 2.36. The van der Waals surface area contributed by atoms with E-state index in [1.165, 1.54) is 12.1 Å². The third kappa shape index (κ3) is 4.33. The summed E-state index contributed by atoms with van der Waals surface area (Å²) in [4.78, 5) is 10.0. The molecule has 0 N–H and O–H groups in total. The lowest BCUT2D eigenvalue weighted by molar-refractivity contribution is -0.384. The molecule has 0 amide bonds. The van der Waals surface area contributed by atoms with Crippen LogP contribution in [-0.2, 0) is 0 Å². The molecule has 0 saturated carbocycles. The van der Waals surface area contributed by atoms with Gasteiger partial charge in [-0.2, -0.15) is 0 Å². The Hall–Kier alpha value is -0.520. The van der Waals surface area contributed by atoms with E-state index in [9.17, 15) is 10.1 Å². The van der Waals surface area contributed by atoms with Crippen LogP contribution in [0, 0.1) is 10.1 Å². The third-order valence-electron chi connectivity index (χ3n) is 1.97. The summed E-state index contributed by atoms with van der Waals surface area (Å²) >= 11 is 15.0. The lowest BCUT2D eigenvalue weighted by atomic mass is 10.3. The maximum absolute atomic E-state index is 10.6. The van der Waals surface area contributed by atoms with Crippen LogP contribution in [-0.4, -0.2) is 16.9 Å². The second-order valence-electron chi connectivity index (χ2n) is 3.24. The SMILES string of the molecule is O=[N+]([O-])c1cc(Cl)c(OCCCCBr)c(Cl)c1. The van der Waals surface area contributed by atoms with E-state index in [2.05, 4.69) is 15.9 Å². The Labute approximate surface area is 117 Å². The van der Waals surface area contributed by atoms with Gasteiger partial charge >= 0.3 is 0 Å². The van der Waals surface area contributed by atoms with Crippen LogP contribution < -0.4 is 4.74 Å². The average Bonchev–Trinajstić information content (AvgIpc) is 2.26. The first-order valence-electron chi connectivity index (χ1n) is 4.88. The molecule has 0 fully saturated rings. The molecule has 0 unspecified atom stereocenters. The van der Waals surface area contributed by atoms with Crippen molar-refractivity contribution in [1.29, 1.82) is 0 Å². The predicted molar refractivity (Wildman–Crippen MR) is 71.6 cm³/mol. The standard InChI is InChI=1S/C10H10BrCl2NO3/c11-3-1-2-4-17-10-8(12)5-7(14(15)16)6-9(10)13/h5-6H,1-4H2. The number of alkyl halides is 1. The van der Waals surface area contributed by atoms with E-state index in [0.717, 1.165) is 18.2 Å². The lowest BCUT2D eigenvalue weighted by Gasteiger charge is -2.09. The zero-order chi connectivity index (χ0) is 12.8. The summed E-state index contributed by atoms with van der Waals surface area (Å²) in [6.07, 6.45) is 1.83. The second-order valence-corrected chi connectivity index (χ2v) is 4.85. The lowest BCUT2D eigenvalue weighted by Crippen LogP contribution is -1.99. The first kappa shape index (κ1) is 14.5. The van der Waals surface area contributed by atoms with Crippen molar-refractivity contribution in [2.45, 2.75) is 12.8 Å². The van der Waals surface area contributed by atoms with Gasteiger partial charge in [0.1, 0.15) is 0 Å². The number of rotatable bonds is 6. The molecule has 1 aromatic rings. The van der Waals surface area contributed by atoms with Gasteiger partial charge in [0.25, 0.3) is 5.69 Å². The van der Waals surface area contributed by atoms with Gasteiger partial charge in [0.2, 0.25) is 0 Å². The van der Waals surface area contributed by atoms with Crippen LogP contribution in [0.5, 0.6) is 5.75 Å². The molecular weight excluding hydrogens is 333 g/mol. The molecule has 0 atom stereocenters. The molecule has 0 spiro atoms. The minimum absolute atomic E-state index is 0.146. The summed E-state index contributed by atoms with van der Waals surface area (Å²) in [6, 6.07) is 2.46. The van der Waals surface area contributed by atoms with E-state index in [1.54, 1.807) is 0 Å². The van der Waals surface area contributed by atoms with E-state index in [1.807, 2.05) is 0 Å². The highest BCUT2D eigenvalue weighted by Gasteiger charge is 2.15. The molecule has 94 valence electrons. The smallest absolute Gasteiger partial charge is 0.272 e. The first-order valence-corrected chi connectivity index (χ1v) is 6.76. The van der Waals surface area contributed by atoms with Crippen LogP contribution >= 0.6 is 39.1 Å². The molecule has 7 heteroatoms. The number of nitro groups is 1. The molecule has 0 aromatic heterocycles. The van der Waals surface area contributed by atoms with Gasteiger partial charge in [0, 0.05) is 17.5 Å². The minimum atomic E-state index is -0.549. The normalized spacial score (nSPS) is 10.3. The van der Waals surface area contributed by atoms with Crippen LogP contribution in [0.3, 0.4) is 0 Å². The average molecular weight is 343 g/mol. The van der Waals surface area contributed by atoms with Crippen LogP contribution in [0.2, 0.25) is 10.0 Å². The molecule has 0 bridgehead atoms. The first-order chi connectivity index (χ1) is 8.06. The molecule has 17 heavy (non-hydrogen) atoms. The predicted octanol–water partition coefficient (Wildman–Crippen LogP) is 4.46. The monoisotopic (exact) mass is 341 g/mol. The highest BCUT2D eigenvalue weighted by molar-refractivity contribution is 9.09. The highest BCUT2D eigenvalue weighted by atomic mass is 79.9. The summed E-state index contributed by atoms with van der Waals surface area (Å²) < 4.78 is 5.40. The number of unbranched alkanes of at least 4 members (excludes halogenated alkanes) is 1. The molecule has 0 radical (unpaired) electrons. The number of ether oxygens (including phenoxy) is 1. The quantitative estimate of drug-likeness (QED) is 0.332. The molecular formula is C10H10BrCl2NO3. The molecule has 0 aliphatic rings. The maximum Gasteiger partial charge on any atom is 0.272 e. The minimum Gasteiger partial charge on any atom is -0.490 e. The molecule has 0 heterocycles. The Morgan fingerprint density at radius 2 is 1.88 bits per heavy atom. The Bertz CT molecular complexity index is 392. The van der Waals surface area contributed by atoms with Gasteiger partial charge in [0.05, 0.1) is 21.6 Å². The topological polar surface area (TPSA) is 52.4 Å². The molecule has 4 nitrogen and oxygen atoms in total. The fourth-order valence-electron chi connectivity index (χ4n) is 1.16. The van der Waals surface area contributed by atoms with Crippen molar-refractivity contribution in [2.75, 3.05) is 11.9 Å². The number of nitrogens with zero attached hydrogens (tertiary/aromatic N) is 1. The van der Waals surface area contributed by atoms with E-state index < -0.39 is 4.92 Å². The van der Waals surface area contributed by atoms with Crippen LogP contribution in [0.4, 0.5) is 5.69 Å². The summed E-state index contributed by atoms with van der Waals surface area (Å²) in [7, 11) is 0. The number of nitro benzene ring substituents is 1. The number of hydrogen-bond donors (Lipinski definition) is 0. The molecule has 0 aliphatic carbocycles.